The van der Waals surface area contributed by atoms with Crippen molar-refractivity contribution in [1.82, 2.24) is 9.36 Å². The molecule has 2 rings (SSSR count). The first-order valence-corrected chi connectivity index (χ1v) is 5.80. The lowest BCUT2D eigenvalue weighted by Gasteiger charge is -2.07. The number of ether oxygens (including phenoxy) is 1. The van der Waals surface area contributed by atoms with Crippen LogP contribution in [-0.2, 0) is 6.42 Å². The lowest BCUT2D eigenvalue weighted by Crippen LogP contribution is -2.05. The predicted molar refractivity (Wildman–Crippen MR) is 65.1 cm³/mol. The van der Waals surface area contributed by atoms with Gasteiger partial charge in [-0.1, -0.05) is 18.2 Å². The van der Waals surface area contributed by atoms with Crippen molar-refractivity contribution in [3.05, 3.63) is 36.2 Å². The maximum Gasteiger partial charge on any atom is 0.202 e. The molecule has 0 aliphatic rings. The van der Waals surface area contributed by atoms with Crippen LogP contribution in [0, 0.1) is 0 Å². The summed E-state index contributed by atoms with van der Waals surface area (Å²) in [6.45, 7) is 0.829. The summed E-state index contributed by atoms with van der Waals surface area (Å²) in [6, 6.07) is 8.03. The van der Waals surface area contributed by atoms with Crippen LogP contribution in [0.15, 0.2) is 30.6 Å². The van der Waals surface area contributed by atoms with Gasteiger partial charge in [-0.25, -0.2) is 4.98 Å². The Labute approximate surface area is 98.5 Å². The summed E-state index contributed by atoms with van der Waals surface area (Å²) >= 11 is 1.36. The fourth-order valence-electron chi connectivity index (χ4n) is 1.46. The molecular weight excluding hydrogens is 222 g/mol. The molecule has 4 nitrogen and oxygen atoms in total. The van der Waals surface area contributed by atoms with Gasteiger partial charge in [0.2, 0.25) is 5.13 Å². The molecule has 84 valence electrons. The summed E-state index contributed by atoms with van der Waals surface area (Å²) in [5.74, 6) is 0.932. The number of para-hydroxylation sites is 1. The number of aromatic nitrogens is 2. The molecule has 0 aliphatic carbocycles. The van der Waals surface area contributed by atoms with E-state index in [0.29, 0.717) is 0 Å². The van der Waals surface area contributed by atoms with Gasteiger partial charge in [0, 0.05) is 18.1 Å². The third kappa shape index (κ3) is 2.70. The minimum absolute atomic E-state index is 0.829. The summed E-state index contributed by atoms with van der Waals surface area (Å²) in [7, 11) is 1.69. The number of methoxy groups -OCH3 is 1. The molecule has 0 spiro atoms. The van der Waals surface area contributed by atoms with Crippen LogP contribution in [0.1, 0.15) is 5.56 Å². The Morgan fingerprint density at radius 1 is 1.38 bits per heavy atom. The summed E-state index contributed by atoms with van der Waals surface area (Å²) in [5.41, 5.74) is 1.20. The Kier molecular flexibility index (Phi) is 3.71. The molecule has 0 aliphatic heterocycles. The number of rotatable bonds is 5. The molecule has 0 amide bonds. The Bertz CT molecular complexity index is 431. The molecule has 0 radical (unpaired) electrons. The highest BCUT2D eigenvalue weighted by atomic mass is 32.1. The molecule has 0 saturated heterocycles. The van der Waals surface area contributed by atoms with Gasteiger partial charge in [0.1, 0.15) is 12.1 Å². The minimum atomic E-state index is 0.829. The fourth-order valence-corrected chi connectivity index (χ4v) is 1.92. The molecule has 1 N–H and O–H groups in total. The van der Waals surface area contributed by atoms with E-state index in [1.54, 1.807) is 13.4 Å². The molecule has 0 fully saturated rings. The summed E-state index contributed by atoms with van der Waals surface area (Å²) in [4.78, 5) is 4.06. The van der Waals surface area contributed by atoms with E-state index in [1.807, 2.05) is 18.2 Å². The average molecular weight is 235 g/mol. The number of nitrogens with one attached hydrogen (secondary N) is 1. The van der Waals surface area contributed by atoms with E-state index < -0.39 is 0 Å². The van der Waals surface area contributed by atoms with Gasteiger partial charge in [-0.05, 0) is 18.1 Å². The molecule has 2 aromatic rings. The zero-order valence-corrected chi connectivity index (χ0v) is 9.83. The highest BCUT2D eigenvalue weighted by Crippen LogP contribution is 2.17. The number of nitrogens with zero attached hydrogens (tertiary/aromatic N) is 2. The van der Waals surface area contributed by atoms with E-state index in [0.717, 1.165) is 23.8 Å². The van der Waals surface area contributed by atoms with Crippen molar-refractivity contribution < 1.29 is 4.74 Å². The van der Waals surface area contributed by atoms with E-state index in [1.165, 1.54) is 17.1 Å². The summed E-state index contributed by atoms with van der Waals surface area (Å²) in [6.07, 6.45) is 2.46. The van der Waals surface area contributed by atoms with Gasteiger partial charge >= 0.3 is 0 Å². The van der Waals surface area contributed by atoms with Crippen molar-refractivity contribution in [3.8, 4) is 5.75 Å². The van der Waals surface area contributed by atoms with E-state index >= 15 is 0 Å². The smallest absolute Gasteiger partial charge is 0.202 e. The van der Waals surface area contributed by atoms with Crippen LogP contribution in [-0.4, -0.2) is 23.0 Å². The summed E-state index contributed by atoms with van der Waals surface area (Å²) < 4.78 is 9.20. The van der Waals surface area contributed by atoms with Crippen LogP contribution in [0.3, 0.4) is 0 Å². The Hall–Kier alpha value is -1.62. The first kappa shape index (κ1) is 10.9. The summed E-state index contributed by atoms with van der Waals surface area (Å²) in [5, 5.41) is 4.07. The van der Waals surface area contributed by atoms with Gasteiger partial charge in [-0.3, -0.25) is 0 Å². The number of anilines is 1. The third-order valence-electron chi connectivity index (χ3n) is 2.22. The number of benzene rings is 1. The Balaban J connectivity index is 1.89. The van der Waals surface area contributed by atoms with Gasteiger partial charge in [-0.15, -0.1) is 0 Å². The molecule has 0 unspecified atom stereocenters. The lowest BCUT2D eigenvalue weighted by molar-refractivity contribution is 0.410. The number of hydrogen-bond donors (Lipinski definition) is 1. The maximum atomic E-state index is 5.28. The molecule has 1 aromatic carbocycles. The van der Waals surface area contributed by atoms with E-state index in [4.69, 9.17) is 4.74 Å². The molecule has 5 heteroatoms. The van der Waals surface area contributed by atoms with Crippen LogP contribution < -0.4 is 10.1 Å². The van der Waals surface area contributed by atoms with Gasteiger partial charge in [0.15, 0.2) is 0 Å². The Morgan fingerprint density at radius 3 is 3.00 bits per heavy atom. The largest absolute Gasteiger partial charge is 0.496 e. The second-order valence-electron chi connectivity index (χ2n) is 3.24. The topological polar surface area (TPSA) is 47.0 Å². The first-order chi connectivity index (χ1) is 7.90. The van der Waals surface area contributed by atoms with Crippen LogP contribution in [0.2, 0.25) is 0 Å². The molecule has 0 atom stereocenters. The molecule has 0 bridgehead atoms. The van der Waals surface area contributed by atoms with E-state index in [9.17, 15) is 0 Å². The zero-order chi connectivity index (χ0) is 11.2. The standard InChI is InChI=1S/C11H13N3OS/c1-15-10-5-3-2-4-9(10)6-7-12-11-13-8-14-16-11/h2-5,8H,6-7H2,1H3,(H,12,13,14). The van der Waals surface area contributed by atoms with Crippen molar-refractivity contribution in [2.75, 3.05) is 19.0 Å². The highest BCUT2D eigenvalue weighted by molar-refractivity contribution is 7.09. The van der Waals surface area contributed by atoms with Gasteiger partial charge < -0.3 is 10.1 Å². The van der Waals surface area contributed by atoms with Crippen LogP contribution in [0.4, 0.5) is 5.13 Å². The SMILES string of the molecule is COc1ccccc1CCNc1ncns1. The first-order valence-electron chi connectivity index (χ1n) is 5.02. The van der Waals surface area contributed by atoms with E-state index in [-0.39, 0.29) is 0 Å². The van der Waals surface area contributed by atoms with Crippen molar-refractivity contribution in [1.29, 1.82) is 0 Å². The lowest BCUT2D eigenvalue weighted by atomic mass is 10.1. The van der Waals surface area contributed by atoms with Crippen LogP contribution in [0.25, 0.3) is 0 Å². The average Bonchev–Trinajstić information content (AvgIpc) is 2.83. The highest BCUT2D eigenvalue weighted by Gasteiger charge is 2.01. The van der Waals surface area contributed by atoms with Crippen LogP contribution in [0.5, 0.6) is 5.75 Å². The fraction of sp³-hybridized carbons (Fsp3) is 0.273. The maximum absolute atomic E-state index is 5.28. The molecular formula is C11H13N3OS. The van der Waals surface area contributed by atoms with Crippen molar-refractivity contribution in [2.45, 2.75) is 6.42 Å². The quantitative estimate of drug-likeness (QED) is 0.863. The van der Waals surface area contributed by atoms with Crippen molar-refractivity contribution >= 4 is 16.7 Å². The molecule has 1 aromatic heterocycles. The zero-order valence-electron chi connectivity index (χ0n) is 9.01. The predicted octanol–water partition coefficient (Wildman–Crippen LogP) is 2.20. The van der Waals surface area contributed by atoms with Gasteiger partial charge in [0.25, 0.3) is 0 Å². The second kappa shape index (κ2) is 5.46. The van der Waals surface area contributed by atoms with Crippen molar-refractivity contribution in [3.63, 3.8) is 0 Å². The monoisotopic (exact) mass is 235 g/mol. The minimum Gasteiger partial charge on any atom is -0.496 e. The number of hydrogen-bond acceptors (Lipinski definition) is 5. The molecule has 1 heterocycles. The molecule has 0 saturated carbocycles. The third-order valence-corrected chi connectivity index (χ3v) is 2.85. The normalized spacial score (nSPS) is 10.1. The molecule has 16 heavy (non-hydrogen) atoms. The van der Waals surface area contributed by atoms with Gasteiger partial charge in [0.05, 0.1) is 7.11 Å². The Morgan fingerprint density at radius 2 is 2.25 bits per heavy atom. The van der Waals surface area contributed by atoms with Crippen molar-refractivity contribution in [2.24, 2.45) is 0 Å². The second-order valence-corrected chi connectivity index (χ2v) is 4.02. The van der Waals surface area contributed by atoms with E-state index in [2.05, 4.69) is 20.7 Å². The van der Waals surface area contributed by atoms with Gasteiger partial charge in [-0.2, -0.15) is 4.37 Å². The van der Waals surface area contributed by atoms with Crippen LogP contribution >= 0.6 is 11.5 Å².